The van der Waals surface area contributed by atoms with Crippen molar-refractivity contribution in [1.29, 1.82) is 0 Å². The van der Waals surface area contributed by atoms with Gasteiger partial charge in [-0.25, -0.2) is 0 Å². The lowest BCUT2D eigenvalue weighted by Gasteiger charge is -2.21. The Morgan fingerprint density at radius 1 is 1.47 bits per heavy atom. The highest BCUT2D eigenvalue weighted by atomic mass is 16.5. The molecule has 0 unspecified atom stereocenters. The maximum atomic E-state index is 5.49. The molecule has 4 nitrogen and oxygen atoms in total. The molecule has 1 aromatic rings. The molecule has 0 aliphatic carbocycles. The molecular formula is C11H19N3O. The third kappa shape index (κ3) is 3.40. The smallest absolute Gasteiger partial charge is 0.214 e. The molecule has 15 heavy (non-hydrogen) atoms. The van der Waals surface area contributed by atoms with Gasteiger partial charge in [0.15, 0.2) is 0 Å². The Kier molecular flexibility index (Phi) is 4.90. The summed E-state index contributed by atoms with van der Waals surface area (Å²) in [6, 6.07) is 5.79. The first-order chi connectivity index (χ1) is 7.31. The number of pyridine rings is 1. The lowest BCUT2D eigenvalue weighted by atomic mass is 10.3. The molecular weight excluding hydrogens is 190 g/mol. The van der Waals surface area contributed by atoms with Crippen molar-refractivity contribution in [2.24, 2.45) is 5.73 Å². The van der Waals surface area contributed by atoms with Gasteiger partial charge < -0.3 is 15.4 Å². The summed E-state index contributed by atoms with van der Waals surface area (Å²) in [5.74, 6) is 1.60. The number of hydrogen-bond acceptors (Lipinski definition) is 4. The van der Waals surface area contributed by atoms with Crippen LogP contribution in [0, 0.1) is 0 Å². The Bertz CT molecular complexity index is 291. The van der Waals surface area contributed by atoms with E-state index >= 15 is 0 Å². The number of ether oxygens (including phenoxy) is 1. The first kappa shape index (κ1) is 11.8. The molecule has 2 N–H and O–H groups in total. The summed E-state index contributed by atoms with van der Waals surface area (Å²) >= 11 is 0. The molecule has 0 spiro atoms. The highest BCUT2D eigenvalue weighted by Crippen LogP contribution is 2.15. The summed E-state index contributed by atoms with van der Waals surface area (Å²) in [4.78, 5) is 6.57. The van der Waals surface area contributed by atoms with Gasteiger partial charge in [-0.05, 0) is 26.0 Å². The summed E-state index contributed by atoms with van der Waals surface area (Å²) in [6.45, 7) is 4.69. The van der Waals surface area contributed by atoms with Crippen LogP contribution in [0.25, 0.3) is 0 Å². The van der Waals surface area contributed by atoms with Gasteiger partial charge >= 0.3 is 0 Å². The van der Waals surface area contributed by atoms with Gasteiger partial charge in [0.2, 0.25) is 5.88 Å². The van der Waals surface area contributed by atoms with E-state index in [2.05, 4.69) is 16.8 Å². The number of nitrogens with two attached hydrogens (primary N) is 1. The zero-order valence-electron chi connectivity index (χ0n) is 9.44. The topological polar surface area (TPSA) is 51.4 Å². The minimum absolute atomic E-state index is 0.652. The molecule has 1 heterocycles. The number of hydrogen-bond donors (Lipinski definition) is 1. The molecule has 0 amide bonds. The molecule has 0 aromatic carbocycles. The highest BCUT2D eigenvalue weighted by molar-refractivity contribution is 5.40. The number of rotatable bonds is 6. The van der Waals surface area contributed by atoms with Crippen LogP contribution >= 0.6 is 0 Å². The van der Waals surface area contributed by atoms with Crippen molar-refractivity contribution in [3.63, 3.8) is 0 Å². The molecule has 0 aliphatic heterocycles. The number of nitrogens with zero attached hydrogens (tertiary/aromatic N) is 2. The van der Waals surface area contributed by atoms with E-state index in [1.165, 1.54) is 0 Å². The molecule has 0 saturated carbocycles. The highest BCUT2D eigenvalue weighted by Gasteiger charge is 2.05. The van der Waals surface area contributed by atoms with E-state index in [1.54, 1.807) is 7.11 Å². The third-order valence-corrected chi connectivity index (χ3v) is 2.26. The quantitative estimate of drug-likeness (QED) is 0.766. The molecule has 1 rings (SSSR count). The Labute approximate surface area is 91.1 Å². The van der Waals surface area contributed by atoms with E-state index in [0.29, 0.717) is 12.4 Å². The Hall–Kier alpha value is -1.29. The zero-order valence-corrected chi connectivity index (χ0v) is 9.44. The first-order valence-electron chi connectivity index (χ1n) is 5.28. The van der Waals surface area contributed by atoms with Gasteiger partial charge in [-0.2, -0.15) is 4.98 Å². The van der Waals surface area contributed by atoms with Gasteiger partial charge in [-0.3, -0.25) is 0 Å². The van der Waals surface area contributed by atoms with Crippen molar-refractivity contribution in [3.05, 3.63) is 18.2 Å². The lowest BCUT2D eigenvalue weighted by Crippen LogP contribution is -2.26. The van der Waals surface area contributed by atoms with Crippen LogP contribution in [0.3, 0.4) is 0 Å². The minimum atomic E-state index is 0.652. The number of methoxy groups -OCH3 is 1. The fourth-order valence-electron chi connectivity index (χ4n) is 1.41. The second kappa shape index (κ2) is 6.24. The van der Waals surface area contributed by atoms with Crippen LogP contribution in [-0.2, 0) is 0 Å². The van der Waals surface area contributed by atoms with Gasteiger partial charge in [0.1, 0.15) is 5.82 Å². The second-order valence-corrected chi connectivity index (χ2v) is 3.26. The van der Waals surface area contributed by atoms with Crippen molar-refractivity contribution in [3.8, 4) is 5.88 Å². The standard InChI is InChI=1S/C11H19N3O/c1-3-14(9-5-8-12)10-6-4-7-11(13-10)15-2/h4,6-7H,3,5,8-9,12H2,1-2H3. The summed E-state index contributed by atoms with van der Waals surface area (Å²) in [7, 11) is 1.63. The fraction of sp³-hybridized carbons (Fsp3) is 0.545. The summed E-state index contributed by atoms with van der Waals surface area (Å²) in [6.07, 6.45) is 0.979. The van der Waals surface area contributed by atoms with Crippen LogP contribution in [0.15, 0.2) is 18.2 Å². The average molecular weight is 209 g/mol. The van der Waals surface area contributed by atoms with E-state index in [-0.39, 0.29) is 0 Å². The largest absolute Gasteiger partial charge is 0.481 e. The van der Waals surface area contributed by atoms with Crippen LogP contribution in [0.2, 0.25) is 0 Å². The van der Waals surface area contributed by atoms with Crippen molar-refractivity contribution in [2.75, 3.05) is 31.6 Å². The predicted octanol–water partition coefficient (Wildman–Crippen LogP) is 1.27. The van der Waals surface area contributed by atoms with E-state index in [4.69, 9.17) is 10.5 Å². The van der Waals surface area contributed by atoms with E-state index in [1.807, 2.05) is 18.2 Å². The molecule has 84 valence electrons. The van der Waals surface area contributed by atoms with E-state index in [0.717, 1.165) is 25.3 Å². The number of anilines is 1. The zero-order chi connectivity index (χ0) is 11.1. The van der Waals surface area contributed by atoms with E-state index < -0.39 is 0 Å². The monoisotopic (exact) mass is 209 g/mol. The van der Waals surface area contributed by atoms with Gasteiger partial charge in [0, 0.05) is 19.2 Å². The van der Waals surface area contributed by atoms with Crippen molar-refractivity contribution >= 4 is 5.82 Å². The van der Waals surface area contributed by atoms with Crippen molar-refractivity contribution in [2.45, 2.75) is 13.3 Å². The molecule has 0 fully saturated rings. The Balaban J connectivity index is 2.72. The van der Waals surface area contributed by atoms with Gasteiger partial charge in [-0.15, -0.1) is 0 Å². The normalized spacial score (nSPS) is 10.1. The van der Waals surface area contributed by atoms with Crippen LogP contribution < -0.4 is 15.4 Å². The Morgan fingerprint density at radius 2 is 2.27 bits per heavy atom. The molecule has 0 bridgehead atoms. The van der Waals surface area contributed by atoms with Crippen LogP contribution in [0.5, 0.6) is 5.88 Å². The Morgan fingerprint density at radius 3 is 2.87 bits per heavy atom. The fourth-order valence-corrected chi connectivity index (χ4v) is 1.41. The second-order valence-electron chi connectivity index (χ2n) is 3.26. The molecule has 1 aromatic heterocycles. The summed E-state index contributed by atoms with van der Waals surface area (Å²) in [5, 5.41) is 0. The number of aromatic nitrogens is 1. The maximum absolute atomic E-state index is 5.49. The molecule has 4 heteroatoms. The van der Waals surface area contributed by atoms with Gasteiger partial charge in [0.05, 0.1) is 7.11 Å². The van der Waals surface area contributed by atoms with Crippen molar-refractivity contribution < 1.29 is 4.74 Å². The molecule has 0 saturated heterocycles. The summed E-state index contributed by atoms with van der Waals surface area (Å²) < 4.78 is 5.09. The van der Waals surface area contributed by atoms with Crippen LogP contribution in [0.1, 0.15) is 13.3 Å². The third-order valence-electron chi connectivity index (χ3n) is 2.26. The first-order valence-corrected chi connectivity index (χ1v) is 5.28. The average Bonchev–Trinajstić information content (AvgIpc) is 2.30. The molecule has 0 radical (unpaired) electrons. The molecule has 0 atom stereocenters. The van der Waals surface area contributed by atoms with Crippen LogP contribution in [-0.4, -0.2) is 31.7 Å². The van der Waals surface area contributed by atoms with Gasteiger partial charge in [0.25, 0.3) is 0 Å². The maximum Gasteiger partial charge on any atom is 0.214 e. The van der Waals surface area contributed by atoms with E-state index in [9.17, 15) is 0 Å². The lowest BCUT2D eigenvalue weighted by molar-refractivity contribution is 0.398. The minimum Gasteiger partial charge on any atom is -0.481 e. The van der Waals surface area contributed by atoms with Crippen molar-refractivity contribution in [1.82, 2.24) is 4.98 Å². The summed E-state index contributed by atoms with van der Waals surface area (Å²) in [5.41, 5.74) is 5.49. The molecule has 0 aliphatic rings. The van der Waals surface area contributed by atoms with Crippen LogP contribution in [0.4, 0.5) is 5.82 Å². The predicted molar refractivity (Wildman–Crippen MR) is 62.3 cm³/mol. The SMILES string of the molecule is CCN(CCCN)c1cccc(OC)n1. The van der Waals surface area contributed by atoms with Gasteiger partial charge in [-0.1, -0.05) is 6.07 Å².